The Hall–Kier alpha value is -2.27. The van der Waals surface area contributed by atoms with Gasteiger partial charge >= 0.3 is 0 Å². The smallest absolute Gasteiger partial charge is 0.255 e. The summed E-state index contributed by atoms with van der Waals surface area (Å²) in [6.45, 7) is 6.01. The summed E-state index contributed by atoms with van der Waals surface area (Å²) in [5, 5.41) is 2.95. The summed E-state index contributed by atoms with van der Waals surface area (Å²) in [6.07, 6.45) is 0. The average molecular weight is 354 g/mol. The second-order valence-electron chi connectivity index (χ2n) is 6.45. The number of benzene rings is 2. The van der Waals surface area contributed by atoms with Gasteiger partial charge < -0.3 is 10.2 Å². The van der Waals surface area contributed by atoms with Crippen LogP contribution in [0.1, 0.15) is 27.0 Å². The molecular weight excluding hydrogens is 332 g/mol. The van der Waals surface area contributed by atoms with Crippen molar-refractivity contribution in [1.82, 2.24) is 4.90 Å². The number of hydrogen-bond acceptors (Lipinski definition) is 3. The van der Waals surface area contributed by atoms with Crippen molar-refractivity contribution in [2.24, 2.45) is 0 Å². The predicted molar refractivity (Wildman–Crippen MR) is 103 cm³/mol. The molecule has 5 heteroatoms. The Morgan fingerprint density at radius 1 is 1.08 bits per heavy atom. The second kappa shape index (κ2) is 7.31. The Labute approximate surface area is 152 Å². The van der Waals surface area contributed by atoms with E-state index in [2.05, 4.69) is 5.32 Å². The van der Waals surface area contributed by atoms with E-state index in [9.17, 15) is 9.59 Å². The van der Waals surface area contributed by atoms with Crippen LogP contribution in [0, 0.1) is 20.8 Å². The summed E-state index contributed by atoms with van der Waals surface area (Å²) < 4.78 is 0. The minimum Gasteiger partial charge on any atom is -0.324 e. The maximum absolute atomic E-state index is 12.8. The number of rotatable bonds is 3. The number of aryl methyl sites for hydroxylation is 3. The van der Waals surface area contributed by atoms with Crippen LogP contribution in [0.2, 0.25) is 0 Å². The van der Waals surface area contributed by atoms with Crippen molar-refractivity contribution in [3.05, 3.63) is 64.7 Å². The summed E-state index contributed by atoms with van der Waals surface area (Å²) >= 11 is 1.61. The van der Waals surface area contributed by atoms with Crippen LogP contribution in [0.15, 0.2) is 42.5 Å². The standard InChI is InChI=1S/C20H22N2O2S/c1-13-5-4-6-16(9-13)20(24)22-12-25-11-18(22)19(23)21-17-8-7-14(2)15(3)10-17/h4-10,18H,11-12H2,1-3H3,(H,21,23). The first-order valence-electron chi connectivity index (χ1n) is 8.29. The first-order valence-corrected chi connectivity index (χ1v) is 9.44. The van der Waals surface area contributed by atoms with Crippen molar-refractivity contribution in [3.8, 4) is 0 Å². The molecule has 25 heavy (non-hydrogen) atoms. The van der Waals surface area contributed by atoms with Crippen molar-refractivity contribution in [2.75, 3.05) is 16.9 Å². The Bertz CT molecular complexity index is 819. The van der Waals surface area contributed by atoms with Crippen LogP contribution >= 0.6 is 11.8 Å². The van der Waals surface area contributed by atoms with Crippen LogP contribution in [0.25, 0.3) is 0 Å². The summed E-state index contributed by atoms with van der Waals surface area (Å²) in [4.78, 5) is 27.2. The molecule has 1 unspecified atom stereocenters. The van der Waals surface area contributed by atoms with E-state index in [4.69, 9.17) is 0 Å². The highest BCUT2D eigenvalue weighted by molar-refractivity contribution is 7.99. The van der Waals surface area contributed by atoms with Gasteiger partial charge in [0.2, 0.25) is 5.91 Å². The molecule has 1 saturated heterocycles. The van der Waals surface area contributed by atoms with E-state index in [0.717, 1.165) is 16.8 Å². The third kappa shape index (κ3) is 3.87. The van der Waals surface area contributed by atoms with Crippen molar-refractivity contribution in [3.63, 3.8) is 0 Å². The molecule has 0 spiro atoms. The zero-order chi connectivity index (χ0) is 18.0. The number of carbonyl (C=O) groups is 2. The molecule has 1 fully saturated rings. The molecule has 0 aliphatic carbocycles. The molecule has 2 aromatic carbocycles. The number of nitrogens with one attached hydrogen (secondary N) is 1. The number of anilines is 1. The highest BCUT2D eigenvalue weighted by atomic mass is 32.2. The molecule has 1 heterocycles. The third-order valence-corrected chi connectivity index (χ3v) is 5.50. The SMILES string of the molecule is Cc1cccc(C(=O)N2CSCC2C(=O)Nc2ccc(C)c(C)c2)c1. The minimum atomic E-state index is -0.445. The normalized spacial score (nSPS) is 16.8. The first kappa shape index (κ1) is 17.5. The summed E-state index contributed by atoms with van der Waals surface area (Å²) in [6, 6.07) is 12.9. The van der Waals surface area contributed by atoms with Crippen molar-refractivity contribution in [2.45, 2.75) is 26.8 Å². The molecule has 3 rings (SSSR count). The largest absolute Gasteiger partial charge is 0.324 e. The second-order valence-corrected chi connectivity index (χ2v) is 7.45. The lowest BCUT2D eigenvalue weighted by molar-refractivity contribution is -0.119. The van der Waals surface area contributed by atoms with E-state index in [-0.39, 0.29) is 11.8 Å². The van der Waals surface area contributed by atoms with Crippen LogP contribution in [0.4, 0.5) is 5.69 Å². The van der Waals surface area contributed by atoms with E-state index in [1.807, 2.05) is 57.2 Å². The molecule has 1 N–H and O–H groups in total. The van der Waals surface area contributed by atoms with Gasteiger partial charge in [-0.15, -0.1) is 11.8 Å². The van der Waals surface area contributed by atoms with E-state index < -0.39 is 6.04 Å². The lowest BCUT2D eigenvalue weighted by atomic mass is 10.1. The lowest BCUT2D eigenvalue weighted by Gasteiger charge is -2.23. The molecule has 0 bridgehead atoms. The van der Waals surface area contributed by atoms with Gasteiger partial charge in [0.1, 0.15) is 6.04 Å². The quantitative estimate of drug-likeness (QED) is 0.913. The molecule has 1 aliphatic rings. The maximum atomic E-state index is 12.8. The van der Waals surface area contributed by atoms with Crippen LogP contribution in [0.3, 0.4) is 0 Å². The van der Waals surface area contributed by atoms with Crippen LogP contribution in [-0.2, 0) is 4.79 Å². The summed E-state index contributed by atoms with van der Waals surface area (Å²) in [5.74, 6) is 0.939. The average Bonchev–Trinajstić information content (AvgIpc) is 3.07. The fourth-order valence-corrected chi connectivity index (χ4v) is 4.00. The molecule has 130 valence electrons. The van der Waals surface area contributed by atoms with E-state index in [1.54, 1.807) is 22.7 Å². The van der Waals surface area contributed by atoms with E-state index in [1.165, 1.54) is 5.56 Å². The molecule has 2 aromatic rings. The predicted octanol–water partition coefficient (Wildman–Crippen LogP) is 3.77. The molecule has 2 amide bonds. The topological polar surface area (TPSA) is 49.4 Å². The Morgan fingerprint density at radius 3 is 2.60 bits per heavy atom. The Balaban J connectivity index is 1.75. The minimum absolute atomic E-state index is 0.0889. The molecule has 0 radical (unpaired) electrons. The van der Waals surface area contributed by atoms with Crippen LogP contribution in [0.5, 0.6) is 0 Å². The number of nitrogens with zero attached hydrogens (tertiary/aromatic N) is 1. The van der Waals surface area contributed by atoms with Gasteiger partial charge in [-0.1, -0.05) is 23.8 Å². The monoisotopic (exact) mass is 354 g/mol. The fourth-order valence-electron chi connectivity index (χ4n) is 2.85. The van der Waals surface area contributed by atoms with Gasteiger partial charge in [0, 0.05) is 17.0 Å². The van der Waals surface area contributed by atoms with Gasteiger partial charge in [0.25, 0.3) is 5.91 Å². The van der Waals surface area contributed by atoms with Gasteiger partial charge in [-0.05, 0) is 56.2 Å². The summed E-state index contributed by atoms with van der Waals surface area (Å²) in [7, 11) is 0. The number of hydrogen-bond donors (Lipinski definition) is 1. The Kier molecular flexibility index (Phi) is 5.13. The van der Waals surface area contributed by atoms with Gasteiger partial charge in [-0.25, -0.2) is 0 Å². The highest BCUT2D eigenvalue weighted by Crippen LogP contribution is 2.25. The lowest BCUT2D eigenvalue weighted by Crippen LogP contribution is -2.44. The molecule has 4 nitrogen and oxygen atoms in total. The maximum Gasteiger partial charge on any atom is 0.255 e. The number of thioether (sulfide) groups is 1. The zero-order valence-corrected chi connectivity index (χ0v) is 15.5. The fraction of sp³-hybridized carbons (Fsp3) is 0.300. The molecular formula is C20H22N2O2S. The number of carbonyl (C=O) groups excluding carboxylic acids is 2. The highest BCUT2D eigenvalue weighted by Gasteiger charge is 2.35. The van der Waals surface area contributed by atoms with Gasteiger partial charge in [-0.2, -0.15) is 0 Å². The molecule has 1 aliphatic heterocycles. The van der Waals surface area contributed by atoms with Gasteiger partial charge in [0.15, 0.2) is 0 Å². The van der Waals surface area contributed by atoms with Gasteiger partial charge in [-0.3, -0.25) is 9.59 Å². The van der Waals surface area contributed by atoms with Gasteiger partial charge in [0.05, 0.1) is 5.88 Å². The van der Waals surface area contributed by atoms with Crippen molar-refractivity contribution in [1.29, 1.82) is 0 Å². The third-order valence-electron chi connectivity index (χ3n) is 4.49. The van der Waals surface area contributed by atoms with Crippen LogP contribution < -0.4 is 5.32 Å². The van der Waals surface area contributed by atoms with Crippen molar-refractivity contribution >= 4 is 29.3 Å². The van der Waals surface area contributed by atoms with Crippen LogP contribution in [-0.4, -0.2) is 34.4 Å². The first-order chi connectivity index (χ1) is 12.0. The zero-order valence-electron chi connectivity index (χ0n) is 14.7. The molecule has 0 saturated carbocycles. The van der Waals surface area contributed by atoms with E-state index >= 15 is 0 Å². The number of amides is 2. The van der Waals surface area contributed by atoms with Crippen molar-refractivity contribution < 1.29 is 9.59 Å². The Morgan fingerprint density at radius 2 is 1.88 bits per heavy atom. The molecule has 0 aromatic heterocycles. The molecule has 1 atom stereocenters. The van der Waals surface area contributed by atoms with E-state index in [0.29, 0.717) is 17.2 Å². The summed E-state index contributed by atoms with van der Waals surface area (Å²) in [5.41, 5.74) is 4.75.